The molecule has 1 aromatic carbocycles. The smallest absolute Gasteiger partial charge is 0.137 e. The summed E-state index contributed by atoms with van der Waals surface area (Å²) in [7, 11) is 0. The van der Waals surface area contributed by atoms with Crippen LogP contribution in [0.15, 0.2) is 28.9 Å². The van der Waals surface area contributed by atoms with Crippen molar-refractivity contribution < 1.29 is 9.50 Å². The fraction of sp³-hybridized carbons (Fsp3) is 0.308. The van der Waals surface area contributed by atoms with Crippen LogP contribution in [0.25, 0.3) is 0 Å². The third-order valence-electron chi connectivity index (χ3n) is 2.79. The van der Waals surface area contributed by atoms with E-state index in [9.17, 15) is 9.50 Å². The molecule has 1 heterocycles. The molecule has 1 aromatic heterocycles. The molecule has 3 nitrogen and oxygen atoms in total. The van der Waals surface area contributed by atoms with Crippen LogP contribution in [0.3, 0.4) is 0 Å². The first-order valence-electron chi connectivity index (χ1n) is 5.77. The Bertz CT molecular complexity index is 600. The molecule has 0 aliphatic carbocycles. The fourth-order valence-corrected chi connectivity index (χ4v) is 2.34. The zero-order chi connectivity index (χ0) is 14.2. The molecule has 1 unspecified atom stereocenters. The zero-order valence-corrected chi connectivity index (χ0v) is 12.8. The normalized spacial score (nSPS) is 13.0. The quantitative estimate of drug-likeness (QED) is 0.907. The van der Waals surface area contributed by atoms with Crippen molar-refractivity contribution in [2.45, 2.75) is 26.0 Å². The third-order valence-corrected chi connectivity index (χ3v) is 3.73. The first kappa shape index (κ1) is 14.5. The van der Waals surface area contributed by atoms with Crippen LogP contribution >= 0.6 is 27.5 Å². The van der Waals surface area contributed by atoms with Gasteiger partial charge in [-0.3, -0.25) is 4.68 Å². The van der Waals surface area contributed by atoms with Crippen LogP contribution in [0.2, 0.25) is 5.02 Å². The summed E-state index contributed by atoms with van der Waals surface area (Å²) in [6.45, 7) is 3.86. The number of nitrogens with zero attached hydrogens (tertiary/aromatic N) is 2. The molecule has 2 rings (SSSR count). The van der Waals surface area contributed by atoms with Gasteiger partial charge in [-0.25, -0.2) is 4.39 Å². The van der Waals surface area contributed by atoms with Gasteiger partial charge in [0.05, 0.1) is 21.4 Å². The van der Waals surface area contributed by atoms with Crippen LogP contribution in [0.4, 0.5) is 4.39 Å². The number of hydrogen-bond donors (Lipinski definition) is 1. The van der Waals surface area contributed by atoms with E-state index in [1.54, 1.807) is 16.8 Å². The molecule has 0 bridgehead atoms. The molecule has 0 amide bonds. The van der Waals surface area contributed by atoms with E-state index in [0.29, 0.717) is 20.8 Å². The van der Waals surface area contributed by atoms with Gasteiger partial charge in [0.1, 0.15) is 11.9 Å². The van der Waals surface area contributed by atoms with Crippen LogP contribution in [0.1, 0.15) is 37.3 Å². The maximum absolute atomic E-state index is 13.5. The monoisotopic (exact) mass is 346 g/mol. The number of rotatable bonds is 3. The third kappa shape index (κ3) is 2.83. The standard InChI is InChI=1S/C13H13BrClFN2O/c1-7(2)18-12(10(15)6-17-18)13(19)8-3-4-9(14)11(16)5-8/h3-7,13,19H,1-2H3. The summed E-state index contributed by atoms with van der Waals surface area (Å²) in [5.74, 6) is -0.428. The number of benzene rings is 1. The van der Waals surface area contributed by atoms with Crippen molar-refractivity contribution in [3.05, 3.63) is 51.0 Å². The summed E-state index contributed by atoms with van der Waals surface area (Å²) in [6, 6.07) is 4.53. The largest absolute Gasteiger partial charge is 0.382 e. The second kappa shape index (κ2) is 5.61. The Balaban J connectivity index is 2.46. The summed E-state index contributed by atoms with van der Waals surface area (Å²) >= 11 is 9.14. The molecule has 2 aromatic rings. The highest BCUT2D eigenvalue weighted by Gasteiger charge is 2.22. The van der Waals surface area contributed by atoms with Gasteiger partial charge in [0.25, 0.3) is 0 Å². The summed E-state index contributed by atoms with van der Waals surface area (Å²) in [5, 5.41) is 14.9. The van der Waals surface area contributed by atoms with Crippen LogP contribution < -0.4 is 0 Å². The Morgan fingerprint density at radius 2 is 2.11 bits per heavy atom. The number of halogens is 3. The van der Waals surface area contributed by atoms with Gasteiger partial charge >= 0.3 is 0 Å². The van der Waals surface area contributed by atoms with Gasteiger partial charge in [-0.05, 0) is 47.5 Å². The number of aromatic nitrogens is 2. The highest BCUT2D eigenvalue weighted by molar-refractivity contribution is 9.10. The van der Waals surface area contributed by atoms with Crippen LogP contribution in [0.5, 0.6) is 0 Å². The summed E-state index contributed by atoms with van der Waals surface area (Å²) in [5.41, 5.74) is 0.906. The van der Waals surface area contributed by atoms with Crippen molar-refractivity contribution in [2.24, 2.45) is 0 Å². The van der Waals surface area contributed by atoms with E-state index in [1.807, 2.05) is 13.8 Å². The van der Waals surface area contributed by atoms with E-state index in [1.165, 1.54) is 12.3 Å². The number of aliphatic hydroxyl groups is 1. The minimum absolute atomic E-state index is 0.0532. The molecule has 0 spiro atoms. The summed E-state index contributed by atoms with van der Waals surface area (Å²) < 4.78 is 15.5. The van der Waals surface area contributed by atoms with Crippen molar-refractivity contribution in [2.75, 3.05) is 0 Å². The highest BCUT2D eigenvalue weighted by atomic mass is 79.9. The molecular formula is C13H13BrClFN2O. The van der Waals surface area contributed by atoms with Crippen molar-refractivity contribution in [3.8, 4) is 0 Å². The molecule has 0 saturated carbocycles. The van der Waals surface area contributed by atoms with Gasteiger partial charge in [-0.15, -0.1) is 0 Å². The lowest BCUT2D eigenvalue weighted by atomic mass is 10.1. The second-order valence-corrected chi connectivity index (χ2v) is 5.75. The molecule has 1 N–H and O–H groups in total. The number of hydrogen-bond acceptors (Lipinski definition) is 2. The average Bonchev–Trinajstić information content (AvgIpc) is 2.74. The zero-order valence-electron chi connectivity index (χ0n) is 10.4. The molecule has 0 aliphatic rings. The maximum atomic E-state index is 13.5. The molecule has 0 aliphatic heterocycles. The second-order valence-electron chi connectivity index (χ2n) is 4.49. The Labute approximate surface area is 124 Å². The Hall–Kier alpha value is -0.910. The van der Waals surface area contributed by atoms with Crippen LogP contribution in [0, 0.1) is 5.82 Å². The molecule has 19 heavy (non-hydrogen) atoms. The molecule has 0 radical (unpaired) electrons. The summed E-state index contributed by atoms with van der Waals surface area (Å²) in [4.78, 5) is 0. The lowest BCUT2D eigenvalue weighted by Crippen LogP contribution is -2.12. The van der Waals surface area contributed by atoms with Crippen molar-refractivity contribution >= 4 is 27.5 Å². The first-order chi connectivity index (χ1) is 8.91. The number of aliphatic hydroxyl groups excluding tert-OH is 1. The highest BCUT2D eigenvalue weighted by Crippen LogP contribution is 2.31. The predicted molar refractivity (Wildman–Crippen MR) is 75.8 cm³/mol. The van der Waals surface area contributed by atoms with Gasteiger partial charge in [0, 0.05) is 6.04 Å². The molecule has 1 atom stereocenters. The lowest BCUT2D eigenvalue weighted by molar-refractivity contribution is 0.204. The van der Waals surface area contributed by atoms with Gasteiger partial charge in [-0.2, -0.15) is 5.10 Å². The van der Waals surface area contributed by atoms with Crippen molar-refractivity contribution in [3.63, 3.8) is 0 Å². The predicted octanol–water partition coefficient (Wildman–Crippen LogP) is 4.10. The van der Waals surface area contributed by atoms with E-state index in [0.717, 1.165) is 0 Å². The Morgan fingerprint density at radius 1 is 1.42 bits per heavy atom. The Kier molecular flexibility index (Phi) is 4.28. The van der Waals surface area contributed by atoms with Gasteiger partial charge in [-0.1, -0.05) is 17.7 Å². The van der Waals surface area contributed by atoms with E-state index in [4.69, 9.17) is 11.6 Å². The van der Waals surface area contributed by atoms with E-state index in [-0.39, 0.29) is 6.04 Å². The van der Waals surface area contributed by atoms with Gasteiger partial charge in [0.15, 0.2) is 0 Å². The topological polar surface area (TPSA) is 38.0 Å². The molecule has 102 valence electrons. The lowest BCUT2D eigenvalue weighted by Gasteiger charge is -2.17. The molecule has 0 saturated heterocycles. The minimum Gasteiger partial charge on any atom is -0.382 e. The van der Waals surface area contributed by atoms with Crippen molar-refractivity contribution in [1.29, 1.82) is 0 Å². The van der Waals surface area contributed by atoms with Crippen LogP contribution in [-0.2, 0) is 0 Å². The van der Waals surface area contributed by atoms with E-state index < -0.39 is 11.9 Å². The van der Waals surface area contributed by atoms with Gasteiger partial charge < -0.3 is 5.11 Å². The molecule has 0 fully saturated rings. The van der Waals surface area contributed by atoms with Crippen molar-refractivity contribution in [1.82, 2.24) is 9.78 Å². The first-order valence-corrected chi connectivity index (χ1v) is 6.94. The Morgan fingerprint density at radius 3 is 2.68 bits per heavy atom. The van der Waals surface area contributed by atoms with E-state index >= 15 is 0 Å². The maximum Gasteiger partial charge on any atom is 0.137 e. The molecular weight excluding hydrogens is 335 g/mol. The molecule has 6 heteroatoms. The van der Waals surface area contributed by atoms with Crippen LogP contribution in [-0.4, -0.2) is 14.9 Å². The summed E-state index contributed by atoms with van der Waals surface area (Å²) in [6.07, 6.45) is 0.468. The average molecular weight is 348 g/mol. The minimum atomic E-state index is -1.01. The van der Waals surface area contributed by atoms with Gasteiger partial charge in [0.2, 0.25) is 0 Å². The van der Waals surface area contributed by atoms with E-state index in [2.05, 4.69) is 21.0 Å². The SMILES string of the molecule is CC(C)n1ncc(Cl)c1C(O)c1ccc(Br)c(F)c1. The fourth-order valence-electron chi connectivity index (χ4n) is 1.86.